The Labute approximate surface area is 76.1 Å². The van der Waals surface area contributed by atoms with Crippen molar-refractivity contribution in [3.8, 4) is 0 Å². The van der Waals surface area contributed by atoms with Crippen molar-refractivity contribution in [3.05, 3.63) is 12.2 Å². The molecule has 0 fully saturated rings. The number of aromatic nitrogens is 3. The minimum absolute atomic E-state index is 0.132. The Morgan fingerprint density at radius 3 is 3.00 bits per heavy atom. The zero-order valence-electron chi connectivity index (χ0n) is 7.66. The second-order valence-electron chi connectivity index (χ2n) is 2.90. The van der Waals surface area contributed by atoms with Crippen molar-refractivity contribution in [1.29, 1.82) is 0 Å². The predicted octanol–water partition coefficient (Wildman–Crippen LogP) is 0.0123. The number of nitrogens with one attached hydrogen (secondary N) is 3. The molecule has 0 aromatic carbocycles. The van der Waals surface area contributed by atoms with E-state index in [1.165, 1.54) is 6.33 Å². The van der Waals surface area contributed by atoms with Crippen LogP contribution in [0.1, 0.15) is 19.7 Å². The van der Waals surface area contributed by atoms with Crippen LogP contribution in [-0.4, -0.2) is 27.3 Å². The number of H-pyrrole nitrogens is 1. The summed E-state index contributed by atoms with van der Waals surface area (Å²) >= 11 is 0. The number of urea groups is 1. The van der Waals surface area contributed by atoms with Gasteiger partial charge in [0.05, 0.1) is 6.54 Å². The highest BCUT2D eigenvalue weighted by molar-refractivity contribution is 5.73. The van der Waals surface area contributed by atoms with Crippen molar-refractivity contribution in [1.82, 2.24) is 25.8 Å². The largest absolute Gasteiger partial charge is 0.336 e. The Morgan fingerprint density at radius 2 is 2.46 bits per heavy atom. The lowest BCUT2D eigenvalue weighted by Crippen LogP contribution is -2.39. The molecule has 72 valence electrons. The number of nitrogens with zero attached hydrogens (tertiary/aromatic N) is 2. The lowest BCUT2D eigenvalue weighted by molar-refractivity contribution is 0.238. The first-order valence-electron chi connectivity index (χ1n) is 4.07. The number of carbonyl (C=O) groups excluding carboxylic acids is 1. The third-order valence-corrected chi connectivity index (χ3v) is 1.29. The maximum atomic E-state index is 11.1. The van der Waals surface area contributed by atoms with E-state index in [2.05, 4.69) is 25.8 Å². The van der Waals surface area contributed by atoms with Crippen molar-refractivity contribution >= 4 is 6.03 Å². The van der Waals surface area contributed by atoms with E-state index >= 15 is 0 Å². The van der Waals surface area contributed by atoms with E-state index in [9.17, 15) is 4.79 Å². The van der Waals surface area contributed by atoms with Crippen molar-refractivity contribution in [2.75, 3.05) is 0 Å². The van der Waals surface area contributed by atoms with Gasteiger partial charge in [0, 0.05) is 6.04 Å². The van der Waals surface area contributed by atoms with E-state index in [0.717, 1.165) is 0 Å². The molecule has 3 N–H and O–H groups in total. The number of amides is 2. The highest BCUT2D eigenvalue weighted by atomic mass is 16.2. The van der Waals surface area contributed by atoms with Gasteiger partial charge in [0.15, 0.2) is 5.82 Å². The molecule has 6 nitrogen and oxygen atoms in total. The van der Waals surface area contributed by atoms with Crippen LogP contribution in [0, 0.1) is 0 Å². The van der Waals surface area contributed by atoms with Crippen LogP contribution >= 0.6 is 0 Å². The standard InChI is InChI=1S/C7H13N5O/c1-5(2)11-7(13)8-3-6-9-4-10-12-6/h4-5H,3H2,1-2H3,(H2,8,11,13)(H,9,10,12). The Bertz CT molecular complexity index is 256. The molecule has 2 amide bonds. The van der Waals surface area contributed by atoms with Gasteiger partial charge in [-0.05, 0) is 13.8 Å². The molecule has 0 bridgehead atoms. The summed E-state index contributed by atoms with van der Waals surface area (Å²) in [5.74, 6) is 0.568. The molecule has 1 rings (SSSR count). The summed E-state index contributed by atoms with van der Waals surface area (Å²) in [4.78, 5) is 14.9. The molecule has 0 unspecified atom stereocenters. The molecule has 0 atom stereocenters. The minimum atomic E-state index is -0.209. The molecule has 0 saturated heterocycles. The first-order chi connectivity index (χ1) is 6.18. The van der Waals surface area contributed by atoms with Gasteiger partial charge in [-0.1, -0.05) is 0 Å². The SMILES string of the molecule is CC(C)NC(=O)NCc1nc[nH]n1. The summed E-state index contributed by atoms with van der Waals surface area (Å²) in [5, 5.41) is 11.7. The Kier molecular flexibility index (Phi) is 3.24. The van der Waals surface area contributed by atoms with Crippen molar-refractivity contribution < 1.29 is 4.79 Å². The molecular formula is C7H13N5O. The quantitative estimate of drug-likeness (QED) is 0.617. The number of rotatable bonds is 3. The van der Waals surface area contributed by atoms with Crippen molar-refractivity contribution in [2.45, 2.75) is 26.4 Å². The van der Waals surface area contributed by atoms with Crippen LogP contribution in [0.5, 0.6) is 0 Å². The monoisotopic (exact) mass is 183 g/mol. The molecule has 0 aliphatic carbocycles. The van der Waals surface area contributed by atoms with Crippen LogP contribution in [0.3, 0.4) is 0 Å². The van der Waals surface area contributed by atoms with E-state index in [1.54, 1.807) is 0 Å². The van der Waals surface area contributed by atoms with E-state index in [-0.39, 0.29) is 12.1 Å². The van der Waals surface area contributed by atoms with Gasteiger partial charge in [0.1, 0.15) is 6.33 Å². The predicted molar refractivity (Wildman–Crippen MR) is 46.9 cm³/mol. The molecule has 0 spiro atoms. The van der Waals surface area contributed by atoms with Gasteiger partial charge >= 0.3 is 6.03 Å². The molecule has 0 aliphatic rings. The summed E-state index contributed by atoms with van der Waals surface area (Å²) in [6.45, 7) is 4.13. The second kappa shape index (κ2) is 4.44. The minimum Gasteiger partial charge on any atom is -0.336 e. The molecule has 0 saturated carbocycles. The summed E-state index contributed by atoms with van der Waals surface area (Å²) in [7, 11) is 0. The van der Waals surface area contributed by atoms with Gasteiger partial charge in [0.2, 0.25) is 0 Å². The third kappa shape index (κ3) is 3.55. The van der Waals surface area contributed by atoms with Gasteiger partial charge in [-0.15, -0.1) is 0 Å². The molecule has 13 heavy (non-hydrogen) atoms. The van der Waals surface area contributed by atoms with Gasteiger partial charge < -0.3 is 10.6 Å². The van der Waals surface area contributed by atoms with Crippen LogP contribution in [0.25, 0.3) is 0 Å². The van der Waals surface area contributed by atoms with Crippen LogP contribution in [0.4, 0.5) is 4.79 Å². The van der Waals surface area contributed by atoms with Crippen LogP contribution in [-0.2, 0) is 6.54 Å². The average molecular weight is 183 g/mol. The zero-order chi connectivity index (χ0) is 9.68. The third-order valence-electron chi connectivity index (χ3n) is 1.29. The molecule has 1 heterocycles. The molecule has 6 heteroatoms. The van der Waals surface area contributed by atoms with Crippen molar-refractivity contribution in [3.63, 3.8) is 0 Å². The normalized spacial score (nSPS) is 10.1. The average Bonchev–Trinajstić information content (AvgIpc) is 2.51. The van der Waals surface area contributed by atoms with Crippen LogP contribution < -0.4 is 10.6 Å². The maximum absolute atomic E-state index is 11.1. The van der Waals surface area contributed by atoms with Crippen molar-refractivity contribution in [2.24, 2.45) is 0 Å². The van der Waals surface area contributed by atoms with Crippen LogP contribution in [0.15, 0.2) is 6.33 Å². The summed E-state index contributed by atoms with van der Waals surface area (Å²) in [6.07, 6.45) is 1.47. The summed E-state index contributed by atoms with van der Waals surface area (Å²) in [5.41, 5.74) is 0. The lowest BCUT2D eigenvalue weighted by Gasteiger charge is -2.08. The molecule has 0 radical (unpaired) electrons. The van der Waals surface area contributed by atoms with Gasteiger partial charge in [0.25, 0.3) is 0 Å². The highest BCUT2D eigenvalue weighted by Crippen LogP contribution is 1.83. The first kappa shape index (κ1) is 9.50. The van der Waals surface area contributed by atoms with E-state index < -0.39 is 0 Å². The molecule has 1 aromatic rings. The molecule has 1 aromatic heterocycles. The van der Waals surface area contributed by atoms with E-state index in [0.29, 0.717) is 12.4 Å². The number of carbonyl (C=O) groups is 1. The topological polar surface area (TPSA) is 82.7 Å². The number of aromatic amines is 1. The lowest BCUT2D eigenvalue weighted by atomic mass is 10.4. The zero-order valence-corrected chi connectivity index (χ0v) is 7.66. The number of hydrogen-bond donors (Lipinski definition) is 3. The first-order valence-corrected chi connectivity index (χ1v) is 4.07. The second-order valence-corrected chi connectivity index (χ2v) is 2.90. The summed E-state index contributed by atoms with van der Waals surface area (Å²) < 4.78 is 0. The molecule has 0 aliphatic heterocycles. The fraction of sp³-hybridized carbons (Fsp3) is 0.571. The van der Waals surface area contributed by atoms with Gasteiger partial charge in [-0.25, -0.2) is 9.78 Å². The fourth-order valence-electron chi connectivity index (χ4n) is 0.793. The van der Waals surface area contributed by atoms with Crippen LogP contribution in [0.2, 0.25) is 0 Å². The van der Waals surface area contributed by atoms with Gasteiger partial charge in [-0.3, -0.25) is 5.10 Å². The molecular weight excluding hydrogens is 170 g/mol. The smallest absolute Gasteiger partial charge is 0.315 e. The van der Waals surface area contributed by atoms with E-state index in [4.69, 9.17) is 0 Å². The Hall–Kier alpha value is -1.59. The van der Waals surface area contributed by atoms with Gasteiger partial charge in [-0.2, -0.15) is 5.10 Å². The number of hydrogen-bond acceptors (Lipinski definition) is 3. The fourth-order valence-corrected chi connectivity index (χ4v) is 0.793. The summed E-state index contributed by atoms with van der Waals surface area (Å²) in [6, 6.07) is -0.0769. The Balaban J connectivity index is 2.23. The Morgan fingerprint density at radius 1 is 1.69 bits per heavy atom. The van der Waals surface area contributed by atoms with E-state index in [1.807, 2.05) is 13.8 Å². The highest BCUT2D eigenvalue weighted by Gasteiger charge is 2.02. The maximum Gasteiger partial charge on any atom is 0.315 e.